The van der Waals surface area contributed by atoms with Gasteiger partial charge in [0, 0.05) is 29.4 Å². The Bertz CT molecular complexity index is 741. The van der Waals surface area contributed by atoms with Crippen LogP contribution < -0.4 is 0 Å². The Morgan fingerprint density at radius 1 is 1.17 bits per heavy atom. The third-order valence-electron chi connectivity index (χ3n) is 4.82. The van der Waals surface area contributed by atoms with Crippen LogP contribution in [0.25, 0.3) is 10.9 Å². The van der Waals surface area contributed by atoms with Gasteiger partial charge in [0.2, 0.25) is 0 Å². The third kappa shape index (κ3) is 3.22. The van der Waals surface area contributed by atoms with Gasteiger partial charge in [-0.25, -0.2) is 0 Å². The van der Waals surface area contributed by atoms with Gasteiger partial charge in [0.25, 0.3) is 0 Å². The Hall–Kier alpha value is -1.57. The van der Waals surface area contributed by atoms with Crippen LogP contribution in [0.2, 0.25) is 0 Å². The number of aliphatic imine (C=N–C) groups is 1. The summed E-state index contributed by atoms with van der Waals surface area (Å²) in [6.07, 6.45) is 7.31. The lowest BCUT2D eigenvalue weighted by Crippen LogP contribution is -2.15. The average molecular weight is 310 g/mol. The summed E-state index contributed by atoms with van der Waals surface area (Å²) in [7, 11) is 2.22. The molecule has 2 heteroatoms. The van der Waals surface area contributed by atoms with Crippen LogP contribution in [-0.2, 0) is 19.9 Å². The van der Waals surface area contributed by atoms with Gasteiger partial charge in [-0.1, -0.05) is 19.4 Å². The number of aromatic nitrogens is 1. The molecule has 1 aliphatic rings. The molecule has 0 spiro atoms. The zero-order valence-electron chi connectivity index (χ0n) is 15.4. The molecule has 0 saturated carbocycles. The molecule has 1 aromatic heterocycles. The molecule has 0 aliphatic heterocycles. The lowest BCUT2D eigenvalue weighted by molar-refractivity contribution is 0.581. The second-order valence-corrected chi connectivity index (χ2v) is 7.90. The van der Waals surface area contributed by atoms with Crippen LogP contribution >= 0.6 is 0 Å². The molecule has 0 atom stereocenters. The molecule has 0 bridgehead atoms. The highest BCUT2D eigenvalue weighted by Crippen LogP contribution is 2.32. The molecule has 0 N–H and O–H groups in total. The first-order chi connectivity index (χ1) is 10.9. The minimum absolute atomic E-state index is 0.0183. The fourth-order valence-corrected chi connectivity index (χ4v) is 3.85. The maximum atomic E-state index is 5.00. The monoisotopic (exact) mass is 310 g/mol. The van der Waals surface area contributed by atoms with Crippen LogP contribution in [0.15, 0.2) is 23.2 Å². The van der Waals surface area contributed by atoms with E-state index >= 15 is 0 Å². The summed E-state index contributed by atoms with van der Waals surface area (Å²) in [5, 5.41) is 1.46. The molecule has 0 unspecified atom stereocenters. The van der Waals surface area contributed by atoms with E-state index < -0.39 is 0 Å². The van der Waals surface area contributed by atoms with Crippen molar-refractivity contribution in [1.82, 2.24) is 4.57 Å². The van der Waals surface area contributed by atoms with Gasteiger partial charge in [0.15, 0.2) is 0 Å². The molecule has 23 heavy (non-hydrogen) atoms. The summed E-state index contributed by atoms with van der Waals surface area (Å²) < 4.78 is 2.41. The van der Waals surface area contributed by atoms with E-state index in [2.05, 4.69) is 57.5 Å². The van der Waals surface area contributed by atoms with Crippen molar-refractivity contribution in [3.63, 3.8) is 0 Å². The molecule has 1 heterocycles. The molecule has 124 valence electrons. The Morgan fingerprint density at radius 3 is 2.61 bits per heavy atom. The van der Waals surface area contributed by atoms with E-state index in [9.17, 15) is 0 Å². The van der Waals surface area contributed by atoms with E-state index in [1.54, 1.807) is 11.3 Å². The van der Waals surface area contributed by atoms with E-state index in [4.69, 9.17) is 4.99 Å². The van der Waals surface area contributed by atoms with Crippen molar-refractivity contribution in [3.8, 4) is 0 Å². The molecule has 0 amide bonds. The average Bonchev–Trinajstić information content (AvgIpc) is 2.79. The summed E-state index contributed by atoms with van der Waals surface area (Å²) in [5.74, 6) is 0. The SMILES string of the molecule is CCC/C(=N\C(C)(C)C)c1ccc2c(c1)c1c(n2C)CCCC1. The zero-order chi connectivity index (χ0) is 16.6. The smallest absolute Gasteiger partial charge is 0.0527 e. The minimum atomic E-state index is -0.0183. The number of benzene rings is 1. The topological polar surface area (TPSA) is 17.3 Å². The highest BCUT2D eigenvalue weighted by Gasteiger charge is 2.19. The van der Waals surface area contributed by atoms with Crippen molar-refractivity contribution in [2.24, 2.45) is 12.0 Å². The summed E-state index contributed by atoms with van der Waals surface area (Å²) in [6.45, 7) is 8.80. The van der Waals surface area contributed by atoms with Crippen LogP contribution in [0.4, 0.5) is 0 Å². The Kier molecular flexibility index (Phi) is 4.35. The normalized spacial score (nSPS) is 16.0. The van der Waals surface area contributed by atoms with Crippen molar-refractivity contribution >= 4 is 16.6 Å². The highest BCUT2D eigenvalue weighted by molar-refractivity contribution is 6.04. The van der Waals surface area contributed by atoms with E-state index in [0.29, 0.717) is 0 Å². The lowest BCUT2D eigenvalue weighted by Gasteiger charge is -2.16. The van der Waals surface area contributed by atoms with Crippen LogP contribution in [0.5, 0.6) is 0 Å². The molecule has 2 nitrogen and oxygen atoms in total. The molecule has 0 saturated heterocycles. The molecule has 1 aromatic carbocycles. The van der Waals surface area contributed by atoms with Gasteiger partial charge in [-0.05, 0) is 76.1 Å². The summed E-state index contributed by atoms with van der Waals surface area (Å²) in [5.41, 5.74) is 7.07. The Labute approximate surface area is 140 Å². The first-order valence-corrected chi connectivity index (χ1v) is 9.10. The van der Waals surface area contributed by atoms with Crippen LogP contribution in [-0.4, -0.2) is 15.8 Å². The maximum Gasteiger partial charge on any atom is 0.0527 e. The van der Waals surface area contributed by atoms with E-state index in [1.807, 2.05) is 0 Å². The number of aryl methyl sites for hydroxylation is 2. The van der Waals surface area contributed by atoms with Gasteiger partial charge in [-0.3, -0.25) is 4.99 Å². The molecule has 0 fully saturated rings. The number of nitrogens with zero attached hydrogens (tertiary/aromatic N) is 2. The second kappa shape index (κ2) is 6.14. The summed E-state index contributed by atoms with van der Waals surface area (Å²) >= 11 is 0. The number of rotatable bonds is 3. The van der Waals surface area contributed by atoms with Crippen molar-refractivity contribution < 1.29 is 0 Å². The quantitative estimate of drug-likeness (QED) is 0.671. The van der Waals surface area contributed by atoms with Crippen molar-refractivity contribution in [2.45, 2.75) is 71.8 Å². The standard InChI is InChI=1S/C21H30N2/c1-6-9-18(22-21(2,3)4)15-12-13-20-17(14-15)16-10-7-8-11-19(16)23(20)5/h12-14H,6-11H2,1-5H3/b22-18+. The minimum Gasteiger partial charge on any atom is -0.347 e. The van der Waals surface area contributed by atoms with Crippen molar-refractivity contribution in [3.05, 3.63) is 35.0 Å². The van der Waals surface area contributed by atoms with Crippen molar-refractivity contribution in [2.75, 3.05) is 0 Å². The Morgan fingerprint density at radius 2 is 1.91 bits per heavy atom. The fraction of sp³-hybridized carbons (Fsp3) is 0.571. The predicted molar refractivity (Wildman–Crippen MR) is 101 cm³/mol. The zero-order valence-corrected chi connectivity index (χ0v) is 15.4. The van der Waals surface area contributed by atoms with Gasteiger partial charge in [-0.15, -0.1) is 0 Å². The largest absolute Gasteiger partial charge is 0.347 e. The summed E-state index contributed by atoms with van der Waals surface area (Å²) in [6, 6.07) is 6.98. The first kappa shape index (κ1) is 16.3. The van der Waals surface area contributed by atoms with Gasteiger partial charge in [0.1, 0.15) is 0 Å². The molecule has 1 aliphatic carbocycles. The van der Waals surface area contributed by atoms with Gasteiger partial charge in [0.05, 0.1) is 5.54 Å². The van der Waals surface area contributed by atoms with Gasteiger partial charge in [-0.2, -0.15) is 0 Å². The van der Waals surface area contributed by atoms with Crippen molar-refractivity contribution in [1.29, 1.82) is 0 Å². The number of hydrogen-bond donors (Lipinski definition) is 0. The van der Waals surface area contributed by atoms with Crippen LogP contribution in [0, 0.1) is 0 Å². The number of fused-ring (bicyclic) bond motifs is 3. The van der Waals surface area contributed by atoms with Crippen LogP contribution in [0.1, 0.15) is 70.2 Å². The fourth-order valence-electron chi connectivity index (χ4n) is 3.85. The molecule has 3 rings (SSSR count). The molecular weight excluding hydrogens is 280 g/mol. The first-order valence-electron chi connectivity index (χ1n) is 9.10. The predicted octanol–water partition coefficient (Wildman–Crippen LogP) is 5.44. The molecular formula is C21H30N2. The van der Waals surface area contributed by atoms with E-state index in [1.165, 1.54) is 47.9 Å². The van der Waals surface area contributed by atoms with E-state index in [-0.39, 0.29) is 5.54 Å². The second-order valence-electron chi connectivity index (χ2n) is 7.90. The maximum absolute atomic E-state index is 5.00. The van der Waals surface area contributed by atoms with Crippen LogP contribution in [0.3, 0.4) is 0 Å². The van der Waals surface area contributed by atoms with Gasteiger partial charge >= 0.3 is 0 Å². The number of hydrogen-bond acceptors (Lipinski definition) is 1. The lowest BCUT2D eigenvalue weighted by atomic mass is 9.94. The van der Waals surface area contributed by atoms with E-state index in [0.717, 1.165) is 12.8 Å². The molecule has 2 aromatic rings. The molecule has 0 radical (unpaired) electrons. The summed E-state index contributed by atoms with van der Waals surface area (Å²) in [4.78, 5) is 5.00. The highest BCUT2D eigenvalue weighted by atomic mass is 15.0. The Balaban J connectivity index is 2.13. The van der Waals surface area contributed by atoms with Gasteiger partial charge < -0.3 is 4.57 Å². The third-order valence-corrected chi connectivity index (χ3v) is 4.82.